The molecule has 4 heterocycles. The number of nitrogens with zero attached hydrogens (tertiary/aromatic N) is 5. The molecule has 1 atom stereocenters. The van der Waals surface area contributed by atoms with Crippen LogP contribution in [0.15, 0.2) is 95.9 Å². The fourth-order valence-corrected chi connectivity index (χ4v) is 10.7. The molecule has 18 nitrogen and oxygen atoms in total. The highest BCUT2D eigenvalue weighted by atomic mass is 16.2. The number of hydrogen-bond acceptors (Lipinski definition) is 12. The molecule has 0 spiro atoms. The van der Waals surface area contributed by atoms with Crippen LogP contribution in [-0.2, 0) is 26.8 Å². The molecule has 2 fully saturated rings. The Hall–Kier alpha value is -7.99. The number of fused-ring (bicyclic) bond motifs is 1. The first-order valence-electron chi connectivity index (χ1n) is 26.7. The predicted molar refractivity (Wildman–Crippen MR) is 301 cm³/mol. The first-order chi connectivity index (χ1) is 36.9. The number of hydrogen-bond donors (Lipinski definition) is 5. The Bertz CT molecular complexity index is 3200. The van der Waals surface area contributed by atoms with E-state index in [9.17, 15) is 38.4 Å². The molecular formula is C60H72N10O8. The molecule has 18 heteroatoms. The Morgan fingerprint density at radius 3 is 2.05 bits per heavy atom. The van der Waals surface area contributed by atoms with E-state index in [0.717, 1.165) is 60.5 Å². The third kappa shape index (κ3) is 13.0. The number of amides is 7. The lowest BCUT2D eigenvalue weighted by atomic mass is 9.72. The van der Waals surface area contributed by atoms with Crippen LogP contribution in [0.1, 0.15) is 133 Å². The quantitative estimate of drug-likeness (QED) is 0.0534. The summed E-state index contributed by atoms with van der Waals surface area (Å²) >= 11 is 0. The first kappa shape index (κ1) is 56.2. The lowest BCUT2D eigenvalue weighted by molar-refractivity contribution is -0.136. The summed E-state index contributed by atoms with van der Waals surface area (Å²) in [7, 11) is 1.67. The number of rotatable bonds is 18. The molecule has 7 amide bonds. The minimum atomic E-state index is -1.08. The number of anilines is 4. The highest BCUT2D eigenvalue weighted by Crippen LogP contribution is 2.39. The molecule has 5 aromatic rings. The number of carbonyl (C=O) groups is 7. The molecule has 1 unspecified atom stereocenters. The van der Waals surface area contributed by atoms with E-state index < -0.39 is 29.7 Å². The van der Waals surface area contributed by atoms with Gasteiger partial charge in [0.15, 0.2) is 5.82 Å². The topological polar surface area (TPSA) is 224 Å². The first-order valence-corrected chi connectivity index (χ1v) is 26.7. The van der Waals surface area contributed by atoms with Crippen LogP contribution in [0.2, 0.25) is 0 Å². The molecule has 410 valence electrons. The second-order valence-corrected chi connectivity index (χ2v) is 23.4. The van der Waals surface area contributed by atoms with Gasteiger partial charge in [0, 0.05) is 86.1 Å². The van der Waals surface area contributed by atoms with Crippen LogP contribution >= 0.6 is 0 Å². The number of piperidine rings is 1. The van der Waals surface area contributed by atoms with Crippen molar-refractivity contribution < 1.29 is 33.6 Å². The zero-order valence-corrected chi connectivity index (χ0v) is 46.2. The van der Waals surface area contributed by atoms with Gasteiger partial charge in [0.1, 0.15) is 6.04 Å². The monoisotopic (exact) mass is 1060 g/mol. The summed E-state index contributed by atoms with van der Waals surface area (Å²) in [6, 6.07) is 23.9. The van der Waals surface area contributed by atoms with Crippen molar-refractivity contribution in [3.8, 4) is 11.3 Å². The molecule has 0 aliphatic carbocycles. The van der Waals surface area contributed by atoms with Crippen molar-refractivity contribution in [2.24, 2.45) is 17.9 Å². The normalized spacial score (nSPS) is 16.2. The van der Waals surface area contributed by atoms with E-state index in [1.807, 2.05) is 54.3 Å². The number of imide groups is 2. The highest BCUT2D eigenvalue weighted by molar-refractivity contribution is 6.25. The summed E-state index contributed by atoms with van der Waals surface area (Å²) in [6.45, 7) is 21.2. The maximum Gasteiger partial charge on any atom is 0.293 e. The molecule has 1 aromatic heterocycles. The van der Waals surface area contributed by atoms with E-state index in [0.29, 0.717) is 53.5 Å². The molecule has 3 aliphatic heterocycles. The van der Waals surface area contributed by atoms with E-state index in [-0.39, 0.29) is 75.9 Å². The van der Waals surface area contributed by atoms with Crippen LogP contribution in [0.5, 0.6) is 0 Å². The van der Waals surface area contributed by atoms with E-state index in [1.165, 1.54) is 10.6 Å². The zero-order chi connectivity index (χ0) is 56.3. The molecule has 0 saturated carbocycles. The van der Waals surface area contributed by atoms with Crippen molar-refractivity contribution in [1.29, 1.82) is 0 Å². The van der Waals surface area contributed by atoms with E-state index in [1.54, 1.807) is 49.6 Å². The summed E-state index contributed by atoms with van der Waals surface area (Å²) in [5, 5.41) is 14.4. The Labute approximate surface area is 455 Å². The highest BCUT2D eigenvalue weighted by Gasteiger charge is 2.45. The van der Waals surface area contributed by atoms with Gasteiger partial charge < -0.3 is 30.7 Å². The average Bonchev–Trinajstić information content (AvgIpc) is 3.83. The van der Waals surface area contributed by atoms with Gasteiger partial charge in [0.05, 0.1) is 23.4 Å². The Kier molecular flexibility index (Phi) is 16.5. The van der Waals surface area contributed by atoms with Gasteiger partial charge in [-0.2, -0.15) is 0 Å². The van der Waals surface area contributed by atoms with Gasteiger partial charge in [0.2, 0.25) is 17.7 Å². The molecule has 3 aliphatic rings. The third-order valence-electron chi connectivity index (χ3n) is 15.1. The van der Waals surface area contributed by atoms with Gasteiger partial charge in [-0.1, -0.05) is 78.8 Å². The Morgan fingerprint density at radius 2 is 1.38 bits per heavy atom. The average molecular weight is 1060 g/mol. The summed E-state index contributed by atoms with van der Waals surface area (Å²) in [6.07, 6.45) is 4.37. The van der Waals surface area contributed by atoms with Crippen LogP contribution in [0.4, 0.5) is 22.9 Å². The van der Waals surface area contributed by atoms with Crippen LogP contribution in [-0.4, -0.2) is 117 Å². The number of aromatic nitrogens is 2. The van der Waals surface area contributed by atoms with E-state index in [2.05, 4.69) is 80.0 Å². The molecule has 5 N–H and O–H groups in total. The van der Waals surface area contributed by atoms with Crippen LogP contribution in [0.3, 0.4) is 0 Å². The van der Waals surface area contributed by atoms with Crippen molar-refractivity contribution in [2.45, 2.75) is 99.0 Å². The number of nitrogens with one attached hydrogen (secondary N) is 5. The van der Waals surface area contributed by atoms with Crippen molar-refractivity contribution in [3.05, 3.63) is 135 Å². The van der Waals surface area contributed by atoms with Gasteiger partial charge in [-0.05, 0) is 121 Å². The fourth-order valence-electron chi connectivity index (χ4n) is 10.7. The van der Waals surface area contributed by atoms with Gasteiger partial charge in [0.25, 0.3) is 29.2 Å². The van der Waals surface area contributed by atoms with Gasteiger partial charge in [-0.15, -0.1) is 0 Å². The second-order valence-electron chi connectivity index (χ2n) is 23.4. The summed E-state index contributed by atoms with van der Waals surface area (Å²) in [5.41, 5.74) is 5.70. The molecule has 8 rings (SSSR count). The van der Waals surface area contributed by atoms with Crippen LogP contribution in [0.25, 0.3) is 11.3 Å². The van der Waals surface area contributed by atoms with Crippen molar-refractivity contribution in [2.75, 3.05) is 61.8 Å². The summed E-state index contributed by atoms with van der Waals surface area (Å²) in [5.74, 6) is -2.81. The van der Waals surface area contributed by atoms with Crippen LogP contribution in [0, 0.1) is 17.8 Å². The number of benzene rings is 4. The third-order valence-corrected chi connectivity index (χ3v) is 15.1. The van der Waals surface area contributed by atoms with E-state index >= 15 is 0 Å². The van der Waals surface area contributed by atoms with Gasteiger partial charge in [-0.3, -0.25) is 53.5 Å². The second kappa shape index (κ2) is 22.9. The number of aryl methyl sites for hydroxylation is 1. The SMILES string of the molecule is Cc1c(NC(=O)c2ccc(C(C)(C)C)cc2)cccc1-c1cn(C)c(=O)c(Nc2ccc(C(=O)N3CCN(CCC(C)(C)CC(C)(C)CCNC(=O)CNc4cccc5c4C(=O)N(C4CCC(=O)NC4=O)C5=O)CC3)cc2)n1. The fraction of sp³-hybridized carbons (Fsp3) is 0.417. The maximum atomic E-state index is 13.7. The summed E-state index contributed by atoms with van der Waals surface area (Å²) < 4.78 is 1.47. The standard InChI is InChI=1S/C60H72N10O8/c1-37-42(12-10-14-44(37)65-52(73)38-16-20-40(21-17-38)58(2,3)4)46-35-67(9)57(78)51(64-46)63-41-22-18-39(19-23-41)54(75)69-32-30-68(31-33-69)29-27-60(7,8)36-59(5,6)26-28-61-49(72)34-62-45-15-11-13-43-50(45)56(77)70(55(43)76)47-24-25-48(71)66-53(47)74/h10-23,35,47,62H,24-34,36H2,1-9H3,(H,61,72)(H,63,64)(H,65,73)(H,66,71,74). The minimum absolute atomic E-state index is 0.00144. The maximum absolute atomic E-state index is 13.7. The van der Waals surface area contributed by atoms with E-state index in [4.69, 9.17) is 4.98 Å². The number of carbonyl (C=O) groups excluding carboxylic acids is 7. The molecule has 0 bridgehead atoms. The van der Waals surface area contributed by atoms with Gasteiger partial charge in [-0.25, -0.2) is 4.98 Å². The molecular weight excluding hydrogens is 989 g/mol. The Balaban J connectivity index is 0.768. The molecule has 2 saturated heterocycles. The largest absolute Gasteiger partial charge is 0.375 e. The predicted octanol–water partition coefficient (Wildman–Crippen LogP) is 7.66. The Morgan fingerprint density at radius 1 is 0.744 bits per heavy atom. The lowest BCUT2D eigenvalue weighted by Gasteiger charge is -2.39. The molecule has 4 aromatic carbocycles. The van der Waals surface area contributed by atoms with Crippen LogP contribution < -0.4 is 32.1 Å². The minimum Gasteiger partial charge on any atom is -0.375 e. The van der Waals surface area contributed by atoms with Gasteiger partial charge >= 0.3 is 0 Å². The number of piperazine rings is 1. The molecule has 78 heavy (non-hydrogen) atoms. The van der Waals surface area contributed by atoms with Crippen molar-refractivity contribution in [3.63, 3.8) is 0 Å². The zero-order valence-electron chi connectivity index (χ0n) is 46.2. The van der Waals surface area contributed by atoms with Crippen molar-refractivity contribution in [1.82, 2.24) is 34.9 Å². The smallest absolute Gasteiger partial charge is 0.293 e. The van der Waals surface area contributed by atoms with Crippen molar-refractivity contribution >= 4 is 64.2 Å². The molecule has 0 radical (unpaired) electrons. The summed E-state index contributed by atoms with van der Waals surface area (Å²) in [4.78, 5) is 114. The lowest BCUT2D eigenvalue weighted by Crippen LogP contribution is -2.54.